The first-order valence-corrected chi connectivity index (χ1v) is 8.87. The molecule has 3 heterocycles. The van der Waals surface area contributed by atoms with Crippen molar-refractivity contribution in [2.24, 2.45) is 4.99 Å². The van der Waals surface area contributed by atoms with Crippen molar-refractivity contribution in [3.8, 4) is 0 Å². The van der Waals surface area contributed by atoms with Gasteiger partial charge in [0.25, 0.3) is 0 Å². The van der Waals surface area contributed by atoms with Gasteiger partial charge < -0.3 is 10.6 Å². The van der Waals surface area contributed by atoms with Crippen molar-refractivity contribution >= 4 is 29.9 Å². The van der Waals surface area contributed by atoms with E-state index in [2.05, 4.69) is 57.7 Å². The summed E-state index contributed by atoms with van der Waals surface area (Å²) in [5, 5.41) is 6.82. The lowest BCUT2D eigenvalue weighted by molar-refractivity contribution is 0.0174. The largest absolute Gasteiger partial charge is 0.357 e. The van der Waals surface area contributed by atoms with Gasteiger partial charge in [-0.1, -0.05) is 30.3 Å². The number of rotatable bonds is 6. The fraction of sp³-hybridized carbons (Fsp3) is 0.611. The van der Waals surface area contributed by atoms with Crippen molar-refractivity contribution in [3.05, 3.63) is 35.9 Å². The van der Waals surface area contributed by atoms with Gasteiger partial charge in [-0.25, -0.2) is 0 Å². The predicted molar refractivity (Wildman–Crippen MR) is 111 cm³/mol. The van der Waals surface area contributed by atoms with Gasteiger partial charge in [-0.3, -0.25) is 14.8 Å². The summed E-state index contributed by atoms with van der Waals surface area (Å²) < 4.78 is 0. The van der Waals surface area contributed by atoms with Crippen molar-refractivity contribution in [1.29, 1.82) is 0 Å². The topological polar surface area (TPSA) is 42.9 Å². The van der Waals surface area contributed by atoms with E-state index in [1.165, 1.54) is 38.3 Å². The molecule has 0 saturated carbocycles. The quantitative estimate of drug-likeness (QED) is 0.397. The first-order valence-electron chi connectivity index (χ1n) is 8.87. The van der Waals surface area contributed by atoms with E-state index in [9.17, 15) is 0 Å². The minimum Gasteiger partial charge on any atom is -0.357 e. The highest BCUT2D eigenvalue weighted by molar-refractivity contribution is 14.0. The highest BCUT2D eigenvalue weighted by atomic mass is 127. The van der Waals surface area contributed by atoms with Gasteiger partial charge in [-0.15, -0.1) is 24.0 Å². The summed E-state index contributed by atoms with van der Waals surface area (Å²) in [6.07, 6.45) is 1.02. The molecule has 1 aromatic carbocycles. The van der Waals surface area contributed by atoms with Crippen molar-refractivity contribution in [2.45, 2.75) is 19.4 Å². The van der Waals surface area contributed by atoms with Crippen molar-refractivity contribution < 1.29 is 0 Å². The lowest BCUT2D eigenvalue weighted by Crippen LogP contribution is -2.62. The number of fused-ring (bicyclic) bond motifs is 3. The molecular weight excluding hydrogens is 413 g/mol. The highest BCUT2D eigenvalue weighted by Crippen LogP contribution is 2.15. The van der Waals surface area contributed by atoms with E-state index in [1.807, 2.05) is 0 Å². The molecule has 3 aliphatic rings. The lowest BCUT2D eigenvalue weighted by Gasteiger charge is -2.47. The Morgan fingerprint density at radius 1 is 1.12 bits per heavy atom. The minimum absolute atomic E-state index is 0. The Hall–Kier alpha value is -0.860. The molecule has 3 saturated heterocycles. The lowest BCUT2D eigenvalue weighted by atomic mass is 10.1. The van der Waals surface area contributed by atoms with Crippen LogP contribution < -0.4 is 10.6 Å². The zero-order valence-electron chi connectivity index (χ0n) is 14.6. The third-order valence-corrected chi connectivity index (χ3v) is 4.75. The Bertz CT molecular complexity index is 499. The Balaban J connectivity index is 0.00000208. The zero-order valence-corrected chi connectivity index (χ0v) is 16.9. The van der Waals surface area contributed by atoms with Crippen LogP contribution in [0.5, 0.6) is 0 Å². The van der Waals surface area contributed by atoms with Gasteiger partial charge in [0.05, 0.1) is 6.54 Å². The fourth-order valence-electron chi connectivity index (χ4n) is 3.41. The number of hydrogen-bond acceptors (Lipinski definition) is 3. The molecule has 24 heavy (non-hydrogen) atoms. The third-order valence-electron chi connectivity index (χ3n) is 4.75. The maximum absolute atomic E-state index is 4.81. The van der Waals surface area contributed by atoms with E-state index in [-0.39, 0.29) is 24.0 Å². The van der Waals surface area contributed by atoms with Crippen LogP contribution in [0.1, 0.15) is 12.5 Å². The summed E-state index contributed by atoms with van der Waals surface area (Å²) in [5.41, 5.74) is 1.36. The van der Waals surface area contributed by atoms with Gasteiger partial charge in [-0.05, 0) is 18.9 Å². The molecule has 1 atom stereocenters. The summed E-state index contributed by atoms with van der Waals surface area (Å²) in [6, 6.07) is 11.2. The summed E-state index contributed by atoms with van der Waals surface area (Å²) >= 11 is 0. The van der Waals surface area contributed by atoms with Crippen LogP contribution in [0.4, 0.5) is 0 Å². The predicted octanol–water partition coefficient (Wildman–Crippen LogP) is 1.40. The summed E-state index contributed by atoms with van der Waals surface area (Å²) in [4.78, 5) is 9.97. The van der Waals surface area contributed by atoms with E-state index in [4.69, 9.17) is 4.99 Å². The standard InChI is InChI=1S/C18H29N5.HI/c1-2-19-18(20-9-8-16-6-4-3-5-7-16)21-14-17-15-22-10-12-23(17)13-11-22;/h3-7,17H,2,8-15H2,1H3,(H2,19,20,21);1H. The molecule has 0 aromatic heterocycles. The number of guanidine groups is 1. The van der Waals surface area contributed by atoms with Gasteiger partial charge in [-0.2, -0.15) is 0 Å². The second-order valence-corrected chi connectivity index (χ2v) is 6.37. The van der Waals surface area contributed by atoms with Gasteiger partial charge in [0.2, 0.25) is 0 Å². The molecule has 6 heteroatoms. The normalized spacial score (nSPS) is 25.9. The van der Waals surface area contributed by atoms with Crippen LogP contribution in [0.15, 0.2) is 35.3 Å². The van der Waals surface area contributed by atoms with E-state index in [0.29, 0.717) is 6.04 Å². The molecule has 3 fully saturated rings. The summed E-state index contributed by atoms with van der Waals surface area (Å²) in [5.74, 6) is 0.945. The van der Waals surface area contributed by atoms with Crippen LogP contribution in [0.2, 0.25) is 0 Å². The molecular formula is C18H30IN5. The third kappa shape index (κ3) is 5.60. The Labute approximate surface area is 162 Å². The number of hydrogen-bond donors (Lipinski definition) is 2. The smallest absolute Gasteiger partial charge is 0.191 e. The van der Waals surface area contributed by atoms with E-state index in [1.54, 1.807) is 0 Å². The molecule has 3 aliphatic heterocycles. The van der Waals surface area contributed by atoms with Crippen LogP contribution >= 0.6 is 24.0 Å². The second-order valence-electron chi connectivity index (χ2n) is 6.37. The SMILES string of the molecule is CCNC(=NCC1CN2CCN1CC2)NCCc1ccccc1.I. The maximum Gasteiger partial charge on any atom is 0.191 e. The monoisotopic (exact) mass is 443 g/mol. The van der Waals surface area contributed by atoms with Crippen molar-refractivity contribution in [2.75, 3.05) is 52.4 Å². The minimum atomic E-state index is 0. The van der Waals surface area contributed by atoms with E-state index < -0.39 is 0 Å². The average molecular weight is 443 g/mol. The Morgan fingerprint density at radius 2 is 1.88 bits per heavy atom. The number of piperazine rings is 3. The molecule has 2 bridgehead atoms. The molecule has 134 valence electrons. The molecule has 1 unspecified atom stereocenters. The van der Waals surface area contributed by atoms with Crippen LogP contribution in [-0.2, 0) is 6.42 Å². The fourth-order valence-corrected chi connectivity index (χ4v) is 3.41. The highest BCUT2D eigenvalue weighted by Gasteiger charge is 2.31. The van der Waals surface area contributed by atoms with Gasteiger partial charge >= 0.3 is 0 Å². The van der Waals surface area contributed by atoms with Crippen molar-refractivity contribution in [3.63, 3.8) is 0 Å². The molecule has 2 N–H and O–H groups in total. The number of benzene rings is 1. The van der Waals surface area contributed by atoms with Gasteiger partial charge in [0.15, 0.2) is 5.96 Å². The Kier molecular flexibility index (Phi) is 8.28. The zero-order chi connectivity index (χ0) is 15.9. The number of aliphatic imine (C=N–C) groups is 1. The van der Waals surface area contributed by atoms with Crippen LogP contribution in [0.25, 0.3) is 0 Å². The van der Waals surface area contributed by atoms with Gasteiger partial charge in [0.1, 0.15) is 0 Å². The molecule has 0 aliphatic carbocycles. The van der Waals surface area contributed by atoms with Crippen LogP contribution in [0, 0.1) is 0 Å². The molecule has 5 nitrogen and oxygen atoms in total. The first kappa shape index (κ1) is 19.5. The summed E-state index contributed by atoms with van der Waals surface area (Å²) in [6.45, 7) is 10.9. The maximum atomic E-state index is 4.81. The second kappa shape index (κ2) is 10.2. The van der Waals surface area contributed by atoms with E-state index in [0.717, 1.165) is 32.0 Å². The molecule has 0 radical (unpaired) electrons. The number of nitrogens with one attached hydrogen (secondary N) is 2. The number of halogens is 1. The van der Waals surface area contributed by atoms with Gasteiger partial charge in [0, 0.05) is 51.9 Å². The van der Waals surface area contributed by atoms with Crippen molar-refractivity contribution in [1.82, 2.24) is 20.4 Å². The Morgan fingerprint density at radius 3 is 2.50 bits per heavy atom. The molecule has 1 aromatic rings. The van der Waals surface area contributed by atoms with Crippen LogP contribution in [-0.4, -0.2) is 74.2 Å². The van der Waals surface area contributed by atoms with Crippen LogP contribution in [0.3, 0.4) is 0 Å². The summed E-state index contributed by atoms with van der Waals surface area (Å²) in [7, 11) is 0. The molecule has 0 spiro atoms. The average Bonchev–Trinajstić information content (AvgIpc) is 2.61. The molecule has 0 amide bonds. The molecule has 4 rings (SSSR count). The first-order chi connectivity index (χ1) is 11.3. The van der Waals surface area contributed by atoms with E-state index >= 15 is 0 Å². The number of nitrogens with zero attached hydrogens (tertiary/aromatic N) is 3.